The summed E-state index contributed by atoms with van der Waals surface area (Å²) in [6, 6.07) is 2.00. The van der Waals surface area contributed by atoms with Crippen molar-refractivity contribution in [1.29, 1.82) is 0 Å². The summed E-state index contributed by atoms with van der Waals surface area (Å²) in [5.41, 5.74) is 3.50. The van der Waals surface area contributed by atoms with Crippen molar-refractivity contribution in [3.63, 3.8) is 0 Å². The molecule has 1 aromatic rings. The molecule has 0 saturated carbocycles. The Balaban J connectivity index is 3.05. The number of aromatic nitrogens is 1. The number of aryl methyl sites for hydroxylation is 3. The summed E-state index contributed by atoms with van der Waals surface area (Å²) in [6.07, 6.45) is 3.28. The first-order valence-corrected chi connectivity index (χ1v) is 5.25. The maximum atomic E-state index is 11.9. The molecule has 0 unspecified atom stereocenters. The Bertz CT molecular complexity index is 434. The fourth-order valence-electron chi connectivity index (χ4n) is 1.39. The van der Waals surface area contributed by atoms with Gasteiger partial charge in [0.05, 0.1) is 0 Å². The van der Waals surface area contributed by atoms with Crippen LogP contribution in [0.5, 0.6) is 0 Å². The third kappa shape index (κ3) is 2.92. The zero-order chi connectivity index (χ0) is 12.3. The molecule has 0 aliphatic carbocycles. The minimum atomic E-state index is -0.0469. The number of allylic oxidation sites excluding steroid dienone is 1. The van der Waals surface area contributed by atoms with Crippen LogP contribution >= 0.6 is 0 Å². The quantitative estimate of drug-likeness (QED) is 0.576. The van der Waals surface area contributed by atoms with Crippen LogP contribution in [0.2, 0.25) is 0 Å². The molecule has 3 nitrogen and oxygen atoms in total. The van der Waals surface area contributed by atoms with Gasteiger partial charge in [0, 0.05) is 32.1 Å². The largest absolute Gasteiger partial charge is 0.383 e. The zero-order valence-electron chi connectivity index (χ0n) is 10.5. The van der Waals surface area contributed by atoms with Crippen LogP contribution in [0.1, 0.15) is 27.3 Å². The highest BCUT2D eigenvalue weighted by atomic mass is 16.1. The number of carbonyl (C=O) groups is 1. The smallest absolute Gasteiger partial charge is 0.205 e. The van der Waals surface area contributed by atoms with Crippen molar-refractivity contribution in [1.82, 2.24) is 9.88 Å². The molecule has 1 rings (SSSR count). The summed E-state index contributed by atoms with van der Waals surface area (Å²) in [4.78, 5) is 18.0. The van der Waals surface area contributed by atoms with Gasteiger partial charge in [0.25, 0.3) is 0 Å². The number of carbonyl (C=O) groups excluding carboxylic acids is 1. The molecular weight excluding hydrogens is 200 g/mol. The minimum absolute atomic E-state index is 0.0469. The number of hydrogen-bond donors (Lipinski definition) is 0. The van der Waals surface area contributed by atoms with Crippen LogP contribution in [0.15, 0.2) is 18.3 Å². The van der Waals surface area contributed by atoms with E-state index in [-0.39, 0.29) is 5.78 Å². The van der Waals surface area contributed by atoms with Crippen LogP contribution in [-0.4, -0.2) is 29.8 Å². The van der Waals surface area contributed by atoms with Gasteiger partial charge in [-0.3, -0.25) is 4.79 Å². The molecule has 0 atom stereocenters. The number of rotatable bonds is 3. The van der Waals surface area contributed by atoms with E-state index in [2.05, 4.69) is 4.98 Å². The number of hydrogen-bond acceptors (Lipinski definition) is 3. The second kappa shape index (κ2) is 4.92. The van der Waals surface area contributed by atoms with Crippen LogP contribution in [0.3, 0.4) is 0 Å². The molecule has 86 valence electrons. The standard InChI is InChI=1S/C13H18N2O/c1-9-8-10(2)13(14-11(9)3)12(16)6-7-15(4)5/h6-8H,1-5H3/b7-6+. The lowest BCUT2D eigenvalue weighted by molar-refractivity contribution is 0.104. The topological polar surface area (TPSA) is 33.2 Å². The number of pyridine rings is 1. The molecule has 0 saturated heterocycles. The Morgan fingerprint density at radius 1 is 1.25 bits per heavy atom. The van der Waals surface area contributed by atoms with Crippen molar-refractivity contribution in [3.8, 4) is 0 Å². The predicted molar refractivity (Wildman–Crippen MR) is 65.6 cm³/mol. The summed E-state index contributed by atoms with van der Waals surface area (Å²) in [5.74, 6) is -0.0469. The molecule has 0 spiro atoms. The molecule has 0 radical (unpaired) electrons. The fourth-order valence-corrected chi connectivity index (χ4v) is 1.39. The average molecular weight is 218 g/mol. The molecular formula is C13H18N2O. The highest BCUT2D eigenvalue weighted by molar-refractivity contribution is 6.04. The van der Waals surface area contributed by atoms with Gasteiger partial charge in [0.1, 0.15) is 5.69 Å². The third-order valence-electron chi connectivity index (χ3n) is 2.41. The van der Waals surface area contributed by atoms with Gasteiger partial charge in [0.15, 0.2) is 0 Å². The van der Waals surface area contributed by atoms with Gasteiger partial charge >= 0.3 is 0 Å². The lowest BCUT2D eigenvalue weighted by atomic mass is 10.1. The highest BCUT2D eigenvalue weighted by Crippen LogP contribution is 2.12. The fraction of sp³-hybridized carbons (Fsp3) is 0.385. The Hall–Kier alpha value is -1.64. The number of ketones is 1. The van der Waals surface area contributed by atoms with Gasteiger partial charge in [0.2, 0.25) is 5.78 Å². The Labute approximate surface area is 96.8 Å². The predicted octanol–water partition coefficient (Wildman–Crippen LogP) is 2.26. The van der Waals surface area contributed by atoms with Gasteiger partial charge in [-0.05, 0) is 31.9 Å². The van der Waals surface area contributed by atoms with Crippen LogP contribution in [0.4, 0.5) is 0 Å². The van der Waals surface area contributed by atoms with Gasteiger partial charge in [-0.15, -0.1) is 0 Å². The van der Waals surface area contributed by atoms with Gasteiger partial charge in [-0.1, -0.05) is 6.07 Å². The lowest BCUT2D eigenvalue weighted by Crippen LogP contribution is -2.07. The summed E-state index contributed by atoms with van der Waals surface area (Å²) in [7, 11) is 3.76. The molecule has 0 bridgehead atoms. The number of nitrogens with zero attached hydrogens (tertiary/aromatic N) is 2. The van der Waals surface area contributed by atoms with Crippen molar-refractivity contribution in [3.05, 3.63) is 40.9 Å². The van der Waals surface area contributed by atoms with Gasteiger partial charge in [-0.2, -0.15) is 0 Å². The molecule has 1 aromatic heterocycles. The van der Waals surface area contributed by atoms with Crippen molar-refractivity contribution >= 4 is 5.78 Å². The van der Waals surface area contributed by atoms with Crippen LogP contribution < -0.4 is 0 Å². The van der Waals surface area contributed by atoms with Crippen LogP contribution in [0.25, 0.3) is 0 Å². The SMILES string of the molecule is Cc1cc(C)c(C(=O)/C=C/N(C)C)nc1C. The Morgan fingerprint density at radius 2 is 1.88 bits per heavy atom. The van der Waals surface area contributed by atoms with E-state index in [0.717, 1.165) is 16.8 Å². The molecule has 16 heavy (non-hydrogen) atoms. The van der Waals surface area contributed by atoms with E-state index in [1.54, 1.807) is 12.3 Å². The minimum Gasteiger partial charge on any atom is -0.383 e. The Kier molecular flexibility index (Phi) is 3.82. The molecule has 0 aliphatic rings. The van der Waals surface area contributed by atoms with E-state index in [1.165, 1.54) is 0 Å². The molecule has 0 aliphatic heterocycles. The van der Waals surface area contributed by atoms with Crippen molar-refractivity contribution in [2.45, 2.75) is 20.8 Å². The summed E-state index contributed by atoms with van der Waals surface area (Å²) in [6.45, 7) is 5.83. The van der Waals surface area contributed by atoms with E-state index in [9.17, 15) is 4.79 Å². The van der Waals surface area contributed by atoms with Crippen LogP contribution in [-0.2, 0) is 0 Å². The van der Waals surface area contributed by atoms with E-state index in [1.807, 2.05) is 45.8 Å². The maximum Gasteiger partial charge on any atom is 0.205 e. The van der Waals surface area contributed by atoms with Crippen molar-refractivity contribution in [2.75, 3.05) is 14.1 Å². The normalized spacial score (nSPS) is 10.8. The monoisotopic (exact) mass is 218 g/mol. The first-order valence-electron chi connectivity index (χ1n) is 5.25. The maximum absolute atomic E-state index is 11.9. The average Bonchev–Trinajstić information content (AvgIpc) is 2.20. The first kappa shape index (κ1) is 12.4. The lowest BCUT2D eigenvalue weighted by Gasteiger charge is -2.07. The molecule has 1 heterocycles. The molecule has 0 aromatic carbocycles. The zero-order valence-corrected chi connectivity index (χ0v) is 10.5. The van der Waals surface area contributed by atoms with E-state index in [4.69, 9.17) is 0 Å². The van der Waals surface area contributed by atoms with Gasteiger partial charge < -0.3 is 4.90 Å². The third-order valence-corrected chi connectivity index (χ3v) is 2.41. The van der Waals surface area contributed by atoms with Crippen molar-refractivity contribution < 1.29 is 4.79 Å². The Morgan fingerprint density at radius 3 is 2.44 bits per heavy atom. The molecule has 0 N–H and O–H groups in total. The highest BCUT2D eigenvalue weighted by Gasteiger charge is 2.09. The van der Waals surface area contributed by atoms with E-state index < -0.39 is 0 Å². The van der Waals surface area contributed by atoms with Gasteiger partial charge in [-0.25, -0.2) is 4.98 Å². The molecule has 3 heteroatoms. The summed E-state index contributed by atoms with van der Waals surface area (Å²) < 4.78 is 0. The summed E-state index contributed by atoms with van der Waals surface area (Å²) in [5, 5.41) is 0. The summed E-state index contributed by atoms with van der Waals surface area (Å²) >= 11 is 0. The second-order valence-corrected chi connectivity index (χ2v) is 4.20. The van der Waals surface area contributed by atoms with E-state index >= 15 is 0 Å². The molecule has 0 fully saturated rings. The second-order valence-electron chi connectivity index (χ2n) is 4.20. The van der Waals surface area contributed by atoms with Crippen LogP contribution in [0, 0.1) is 20.8 Å². The van der Waals surface area contributed by atoms with Crippen molar-refractivity contribution in [2.24, 2.45) is 0 Å². The first-order chi connectivity index (χ1) is 7.41. The molecule has 0 amide bonds. The van der Waals surface area contributed by atoms with E-state index in [0.29, 0.717) is 5.69 Å².